The molecule has 0 bridgehead atoms. The minimum atomic E-state index is 0.355. The molecule has 0 spiro atoms. The average Bonchev–Trinajstić information content (AvgIpc) is 3.20. The largest absolute Gasteiger partial charge is 0.493 e. The number of unbranched alkanes of at least 4 members (excludes halogenated alkanes) is 4. The number of fused-ring (bicyclic) bond motifs is 3. The number of hydrogen-bond donors (Lipinski definition) is 1. The molecule has 4 aromatic rings. The summed E-state index contributed by atoms with van der Waals surface area (Å²) in [5.74, 6) is 1.78. The molecule has 8 nitrogen and oxygen atoms in total. The third kappa shape index (κ3) is 5.88. The van der Waals surface area contributed by atoms with Crippen molar-refractivity contribution in [2.24, 2.45) is 5.10 Å². The van der Waals surface area contributed by atoms with Gasteiger partial charge in [0.2, 0.25) is 0 Å². The van der Waals surface area contributed by atoms with Gasteiger partial charge in [0.1, 0.15) is 5.52 Å². The summed E-state index contributed by atoms with van der Waals surface area (Å²) in [5, 5.41) is 14.1. The summed E-state index contributed by atoms with van der Waals surface area (Å²) in [7, 11) is 1.64. The van der Waals surface area contributed by atoms with Crippen LogP contribution >= 0.6 is 0 Å². The maximum absolute atomic E-state index is 5.89. The zero-order chi connectivity index (χ0) is 24.5. The molecule has 0 aliphatic heterocycles. The van der Waals surface area contributed by atoms with Crippen molar-refractivity contribution in [2.45, 2.75) is 58.9 Å². The van der Waals surface area contributed by atoms with E-state index in [1.807, 2.05) is 30.3 Å². The van der Waals surface area contributed by atoms with Crippen molar-refractivity contribution in [1.82, 2.24) is 19.7 Å². The lowest BCUT2D eigenvalue weighted by molar-refractivity contribution is 0.285. The molecule has 8 heteroatoms. The van der Waals surface area contributed by atoms with Crippen molar-refractivity contribution in [3.63, 3.8) is 0 Å². The van der Waals surface area contributed by atoms with Crippen LogP contribution in [0.5, 0.6) is 11.5 Å². The molecule has 2 aromatic carbocycles. The van der Waals surface area contributed by atoms with Gasteiger partial charge < -0.3 is 14.0 Å². The maximum Gasteiger partial charge on any atom is 0.265 e. The molecule has 0 fully saturated rings. The van der Waals surface area contributed by atoms with Gasteiger partial charge in [0.05, 0.1) is 25.4 Å². The average molecular weight is 475 g/mol. The van der Waals surface area contributed by atoms with Crippen molar-refractivity contribution >= 4 is 34.2 Å². The highest BCUT2D eigenvalue weighted by molar-refractivity contribution is 6.04. The van der Waals surface area contributed by atoms with Crippen LogP contribution in [0.15, 0.2) is 47.6 Å². The number of hydrazone groups is 1. The van der Waals surface area contributed by atoms with E-state index in [0.29, 0.717) is 18.3 Å². The van der Waals surface area contributed by atoms with Gasteiger partial charge in [0, 0.05) is 11.9 Å². The van der Waals surface area contributed by atoms with E-state index in [0.717, 1.165) is 59.2 Å². The van der Waals surface area contributed by atoms with E-state index in [9.17, 15) is 0 Å². The topological polar surface area (TPSA) is 86.5 Å². The Balaban J connectivity index is 1.47. The summed E-state index contributed by atoms with van der Waals surface area (Å²) < 4.78 is 13.6. The summed E-state index contributed by atoms with van der Waals surface area (Å²) >= 11 is 0. The molecule has 0 aliphatic carbocycles. The second-order valence-corrected chi connectivity index (χ2v) is 8.52. The summed E-state index contributed by atoms with van der Waals surface area (Å²) in [6, 6.07) is 14.0. The summed E-state index contributed by atoms with van der Waals surface area (Å²) in [4.78, 5) is 4.72. The summed E-state index contributed by atoms with van der Waals surface area (Å²) in [5.41, 5.74) is 6.54. The van der Waals surface area contributed by atoms with Gasteiger partial charge in [-0.3, -0.25) is 0 Å². The Morgan fingerprint density at radius 3 is 2.66 bits per heavy atom. The number of aryl methyl sites for hydroxylation is 1. The molecule has 0 saturated heterocycles. The molecule has 184 valence electrons. The molecular formula is C27H34N6O2. The zero-order valence-electron chi connectivity index (χ0n) is 20.8. The van der Waals surface area contributed by atoms with Crippen LogP contribution in [-0.4, -0.2) is 39.7 Å². The molecule has 0 saturated carbocycles. The van der Waals surface area contributed by atoms with Gasteiger partial charge in [0.25, 0.3) is 5.95 Å². The quantitative estimate of drug-likeness (QED) is 0.141. The number of hydrogen-bond acceptors (Lipinski definition) is 7. The molecule has 0 amide bonds. The van der Waals surface area contributed by atoms with Gasteiger partial charge >= 0.3 is 0 Å². The summed E-state index contributed by atoms with van der Waals surface area (Å²) in [6.07, 6.45) is 8.54. The van der Waals surface area contributed by atoms with Crippen molar-refractivity contribution < 1.29 is 9.47 Å². The third-order valence-electron chi connectivity index (χ3n) is 5.93. The van der Waals surface area contributed by atoms with Gasteiger partial charge in [0.15, 0.2) is 17.1 Å². The Labute approximate surface area is 206 Å². The van der Waals surface area contributed by atoms with Crippen LogP contribution in [0, 0.1) is 0 Å². The van der Waals surface area contributed by atoms with E-state index in [-0.39, 0.29) is 0 Å². The van der Waals surface area contributed by atoms with Crippen molar-refractivity contribution in [3.05, 3.63) is 48.0 Å². The second kappa shape index (κ2) is 12.1. The highest BCUT2D eigenvalue weighted by Gasteiger charge is 2.14. The number of aromatic nitrogens is 4. The molecule has 1 N–H and O–H groups in total. The van der Waals surface area contributed by atoms with Gasteiger partial charge in [-0.25, -0.2) is 5.43 Å². The van der Waals surface area contributed by atoms with Crippen LogP contribution in [0.1, 0.15) is 57.9 Å². The molecule has 0 aliphatic rings. The minimum absolute atomic E-state index is 0.355. The molecular weight excluding hydrogens is 440 g/mol. The number of nitrogens with one attached hydrogen (secondary N) is 1. The fraction of sp³-hybridized carbons (Fsp3) is 0.407. The van der Waals surface area contributed by atoms with Gasteiger partial charge in [-0.2, -0.15) is 10.1 Å². The van der Waals surface area contributed by atoms with Crippen LogP contribution in [0.25, 0.3) is 22.1 Å². The lowest BCUT2D eigenvalue weighted by atomic mass is 10.2. The fourth-order valence-corrected chi connectivity index (χ4v) is 4.05. The van der Waals surface area contributed by atoms with Crippen LogP contribution in [0.3, 0.4) is 0 Å². The predicted molar refractivity (Wildman–Crippen MR) is 142 cm³/mol. The van der Waals surface area contributed by atoms with Gasteiger partial charge in [-0.1, -0.05) is 57.7 Å². The van der Waals surface area contributed by atoms with Crippen LogP contribution < -0.4 is 14.9 Å². The molecule has 2 heterocycles. The molecule has 0 atom stereocenters. The second-order valence-electron chi connectivity index (χ2n) is 8.52. The van der Waals surface area contributed by atoms with Crippen LogP contribution in [0.4, 0.5) is 5.95 Å². The molecule has 0 radical (unpaired) electrons. The lowest BCUT2D eigenvalue weighted by Crippen LogP contribution is -2.03. The van der Waals surface area contributed by atoms with Crippen molar-refractivity contribution in [2.75, 3.05) is 19.1 Å². The van der Waals surface area contributed by atoms with E-state index in [2.05, 4.69) is 51.3 Å². The molecule has 4 rings (SSSR count). The Hall–Kier alpha value is -3.68. The summed E-state index contributed by atoms with van der Waals surface area (Å²) in [6.45, 7) is 5.96. The van der Waals surface area contributed by atoms with Crippen molar-refractivity contribution in [1.29, 1.82) is 0 Å². The SMILES string of the molecule is CCCCCCOc1ccc(/C=N/Nc2nnc3c4ccccc4n(CCCC)c3n2)cc1OC. The Morgan fingerprint density at radius 2 is 1.83 bits per heavy atom. The smallest absolute Gasteiger partial charge is 0.265 e. The molecule has 0 unspecified atom stereocenters. The number of para-hydroxylation sites is 1. The van der Waals surface area contributed by atoms with E-state index >= 15 is 0 Å². The third-order valence-corrected chi connectivity index (χ3v) is 5.93. The Bertz CT molecular complexity index is 1280. The first kappa shape index (κ1) is 24.4. The molecule has 2 aromatic heterocycles. The first-order valence-corrected chi connectivity index (χ1v) is 12.5. The number of benzene rings is 2. The number of anilines is 1. The highest BCUT2D eigenvalue weighted by Crippen LogP contribution is 2.28. The first-order valence-electron chi connectivity index (χ1n) is 12.5. The van der Waals surface area contributed by atoms with E-state index < -0.39 is 0 Å². The van der Waals surface area contributed by atoms with Crippen molar-refractivity contribution in [3.8, 4) is 11.5 Å². The van der Waals surface area contributed by atoms with Crippen LogP contribution in [-0.2, 0) is 6.54 Å². The number of methoxy groups -OCH3 is 1. The first-order chi connectivity index (χ1) is 17.2. The monoisotopic (exact) mass is 474 g/mol. The van der Waals surface area contributed by atoms with E-state index in [1.54, 1.807) is 13.3 Å². The fourth-order valence-electron chi connectivity index (χ4n) is 4.05. The normalized spacial score (nSPS) is 11.5. The van der Waals surface area contributed by atoms with Gasteiger partial charge in [-0.15, -0.1) is 10.2 Å². The number of nitrogens with zero attached hydrogens (tertiary/aromatic N) is 5. The maximum atomic E-state index is 5.89. The molecule has 35 heavy (non-hydrogen) atoms. The minimum Gasteiger partial charge on any atom is -0.493 e. The Morgan fingerprint density at radius 1 is 0.971 bits per heavy atom. The predicted octanol–water partition coefficient (Wildman–Crippen LogP) is 6.19. The Kier molecular flexibility index (Phi) is 8.48. The van der Waals surface area contributed by atoms with Gasteiger partial charge in [-0.05, 0) is 42.7 Å². The standard InChI is InChI=1S/C27H34N6O2/c1-4-6-8-11-17-35-23-15-14-20(18-24(23)34-3)19-28-31-27-29-26-25(30-32-27)21-12-9-10-13-22(21)33(26)16-7-5-2/h9-10,12-15,18-19H,4-8,11,16-17H2,1-3H3,(H,29,31,32)/b28-19+. The van der Waals surface area contributed by atoms with E-state index in [1.165, 1.54) is 19.3 Å². The highest BCUT2D eigenvalue weighted by atomic mass is 16.5. The number of rotatable bonds is 13. The zero-order valence-corrected chi connectivity index (χ0v) is 20.8. The number of ether oxygens (including phenoxy) is 2. The van der Waals surface area contributed by atoms with E-state index in [4.69, 9.17) is 14.5 Å². The lowest BCUT2D eigenvalue weighted by Gasteiger charge is -2.11. The van der Waals surface area contributed by atoms with Crippen LogP contribution in [0.2, 0.25) is 0 Å².